The van der Waals surface area contributed by atoms with Crippen molar-refractivity contribution in [3.8, 4) is 6.07 Å². The van der Waals surface area contributed by atoms with Crippen molar-refractivity contribution in [3.05, 3.63) is 53.2 Å². The number of nitrogen functional groups attached to an aromatic ring is 1. The minimum Gasteiger partial charge on any atom is -0.483 e. The first-order chi connectivity index (χ1) is 14.3. The van der Waals surface area contributed by atoms with E-state index < -0.39 is 0 Å². The number of carboxylic acid groups (broad SMARTS) is 1. The lowest BCUT2D eigenvalue weighted by molar-refractivity contribution is -0.123. The van der Waals surface area contributed by atoms with Crippen LogP contribution < -0.4 is 10.6 Å². The number of hydrogen-bond acceptors (Lipinski definition) is 5. The quantitative estimate of drug-likeness (QED) is 0.696. The van der Waals surface area contributed by atoms with Gasteiger partial charge in [-0.05, 0) is 73.9 Å². The molecular formula is C23H28N4O3. The van der Waals surface area contributed by atoms with Crippen LogP contribution in [0.1, 0.15) is 43.5 Å². The molecule has 2 heterocycles. The maximum absolute atomic E-state index is 12.1. The van der Waals surface area contributed by atoms with Crippen LogP contribution >= 0.6 is 0 Å². The predicted octanol–water partition coefficient (Wildman–Crippen LogP) is 3.56. The summed E-state index contributed by atoms with van der Waals surface area (Å²) in [5.74, 6) is 1.85. The molecule has 1 fully saturated rings. The summed E-state index contributed by atoms with van der Waals surface area (Å²) in [6, 6.07) is 13.8. The molecule has 158 valence electrons. The van der Waals surface area contributed by atoms with Crippen molar-refractivity contribution in [2.75, 3.05) is 10.6 Å². The number of nitrogens with two attached hydrogens (primary N) is 1. The third-order valence-corrected chi connectivity index (χ3v) is 5.25. The molecule has 7 heteroatoms. The van der Waals surface area contributed by atoms with E-state index in [0.717, 1.165) is 23.4 Å². The van der Waals surface area contributed by atoms with E-state index >= 15 is 0 Å². The summed E-state index contributed by atoms with van der Waals surface area (Å²) in [5.41, 5.74) is 9.14. The molecular weight excluding hydrogens is 380 g/mol. The number of amides is 1. The smallest absolute Gasteiger partial charge is 0.290 e. The molecule has 0 bridgehead atoms. The highest BCUT2D eigenvalue weighted by Gasteiger charge is 2.43. The predicted molar refractivity (Wildman–Crippen MR) is 116 cm³/mol. The Hall–Kier alpha value is -3.40. The van der Waals surface area contributed by atoms with Crippen LogP contribution in [0.15, 0.2) is 36.4 Å². The lowest BCUT2D eigenvalue weighted by atomic mass is 9.83. The van der Waals surface area contributed by atoms with E-state index in [1.54, 1.807) is 13.0 Å². The molecule has 1 aliphatic heterocycles. The lowest BCUT2D eigenvalue weighted by Crippen LogP contribution is -2.48. The van der Waals surface area contributed by atoms with Crippen molar-refractivity contribution in [1.82, 2.24) is 4.98 Å². The van der Waals surface area contributed by atoms with E-state index in [-0.39, 0.29) is 12.4 Å². The molecule has 0 radical (unpaired) electrons. The molecule has 0 saturated heterocycles. The fourth-order valence-electron chi connectivity index (χ4n) is 3.99. The van der Waals surface area contributed by atoms with Gasteiger partial charge >= 0.3 is 0 Å². The van der Waals surface area contributed by atoms with Crippen LogP contribution in [0.3, 0.4) is 0 Å². The molecule has 1 saturated carbocycles. The number of carbonyl (C=O) groups is 2. The molecule has 7 nitrogen and oxygen atoms in total. The van der Waals surface area contributed by atoms with Crippen LogP contribution in [0.25, 0.3) is 0 Å². The maximum Gasteiger partial charge on any atom is 0.290 e. The van der Waals surface area contributed by atoms with Gasteiger partial charge in [0.2, 0.25) is 5.91 Å². The number of rotatable bonds is 1. The van der Waals surface area contributed by atoms with Gasteiger partial charge in [0.05, 0.1) is 11.6 Å². The third-order valence-electron chi connectivity index (χ3n) is 5.25. The van der Waals surface area contributed by atoms with Crippen molar-refractivity contribution in [2.24, 2.45) is 11.8 Å². The largest absolute Gasteiger partial charge is 0.483 e. The summed E-state index contributed by atoms with van der Waals surface area (Å²) in [6.45, 7) is 5.53. The van der Waals surface area contributed by atoms with E-state index in [0.29, 0.717) is 29.3 Å². The average molecular weight is 409 g/mol. The van der Waals surface area contributed by atoms with E-state index in [4.69, 9.17) is 20.9 Å². The Morgan fingerprint density at radius 1 is 1.33 bits per heavy atom. The van der Waals surface area contributed by atoms with Crippen LogP contribution in [-0.2, 0) is 16.0 Å². The second-order valence-corrected chi connectivity index (χ2v) is 7.66. The number of fused-ring (bicyclic) bond motifs is 1. The summed E-state index contributed by atoms with van der Waals surface area (Å²) in [4.78, 5) is 26.4. The Labute approximate surface area is 177 Å². The van der Waals surface area contributed by atoms with Gasteiger partial charge in [-0.3, -0.25) is 9.59 Å². The van der Waals surface area contributed by atoms with E-state index in [1.165, 1.54) is 12.8 Å². The van der Waals surface area contributed by atoms with E-state index in [9.17, 15) is 4.79 Å². The fourth-order valence-corrected chi connectivity index (χ4v) is 3.99. The number of aryl methyl sites for hydroxylation is 1. The average Bonchev–Trinajstić information content (AvgIpc) is 3.52. The summed E-state index contributed by atoms with van der Waals surface area (Å²) in [5, 5.41) is 15.9. The van der Waals surface area contributed by atoms with Crippen molar-refractivity contribution in [3.63, 3.8) is 0 Å². The van der Waals surface area contributed by atoms with Crippen molar-refractivity contribution in [2.45, 2.75) is 46.1 Å². The number of nitrogens with zero attached hydrogens (tertiary/aromatic N) is 3. The SMILES string of the molecule is CC(=O)N1c2ccc(C#N)cc2CC(C)[C@@H]1C1CC1.Cc1cccc(N)n1.O=CO. The molecule has 2 aromatic rings. The van der Waals surface area contributed by atoms with E-state index in [2.05, 4.69) is 18.0 Å². The van der Waals surface area contributed by atoms with Gasteiger partial charge in [0.15, 0.2) is 0 Å². The summed E-state index contributed by atoms with van der Waals surface area (Å²) >= 11 is 0. The summed E-state index contributed by atoms with van der Waals surface area (Å²) < 4.78 is 0. The van der Waals surface area contributed by atoms with Crippen LogP contribution in [0.5, 0.6) is 0 Å². The van der Waals surface area contributed by atoms with Gasteiger partial charge in [-0.25, -0.2) is 4.98 Å². The minimum atomic E-state index is -0.250. The molecule has 3 N–H and O–H groups in total. The molecule has 2 aliphatic rings. The molecule has 2 atom stereocenters. The van der Waals surface area contributed by atoms with Gasteiger partial charge in [-0.15, -0.1) is 0 Å². The van der Waals surface area contributed by atoms with Gasteiger partial charge < -0.3 is 15.7 Å². The van der Waals surface area contributed by atoms with Gasteiger partial charge in [0, 0.05) is 24.3 Å². The summed E-state index contributed by atoms with van der Waals surface area (Å²) in [6.07, 6.45) is 3.45. The second-order valence-electron chi connectivity index (χ2n) is 7.66. The zero-order chi connectivity index (χ0) is 22.3. The van der Waals surface area contributed by atoms with Gasteiger partial charge in [0.1, 0.15) is 5.82 Å². The number of carbonyl (C=O) groups excluding carboxylic acids is 1. The topological polar surface area (TPSA) is 120 Å². The summed E-state index contributed by atoms with van der Waals surface area (Å²) in [7, 11) is 0. The zero-order valence-electron chi connectivity index (χ0n) is 17.6. The first-order valence-electron chi connectivity index (χ1n) is 9.92. The van der Waals surface area contributed by atoms with Crippen molar-refractivity contribution >= 4 is 23.9 Å². The van der Waals surface area contributed by atoms with Crippen molar-refractivity contribution in [1.29, 1.82) is 5.26 Å². The molecule has 0 spiro atoms. The van der Waals surface area contributed by atoms with Gasteiger partial charge in [-0.1, -0.05) is 13.0 Å². The Kier molecular flexibility index (Phi) is 7.93. The number of hydrogen-bond donors (Lipinski definition) is 2. The third kappa shape index (κ3) is 5.80. The normalized spacial score (nSPS) is 19.1. The standard InChI is InChI=1S/C16H18N2O.C6H8N2.CH2O2/c1-10-7-14-8-12(9-17)3-6-15(14)18(11(2)19)16(10)13-4-5-13;1-5-3-2-4-6(7)8-5;2-1-3/h3,6,8,10,13,16H,4-5,7H2,1-2H3;2-4H,1H3,(H2,7,8);1H,(H,2,3)/t10?,16-;;/m1../s1. The molecule has 1 aromatic carbocycles. The first kappa shape index (κ1) is 22.9. The molecule has 1 amide bonds. The van der Waals surface area contributed by atoms with Crippen LogP contribution in [0.2, 0.25) is 0 Å². The molecule has 30 heavy (non-hydrogen) atoms. The lowest BCUT2D eigenvalue weighted by Gasteiger charge is -2.41. The molecule has 1 aromatic heterocycles. The highest BCUT2D eigenvalue weighted by molar-refractivity contribution is 5.94. The van der Waals surface area contributed by atoms with E-state index in [1.807, 2.05) is 42.2 Å². The van der Waals surface area contributed by atoms with Gasteiger partial charge in [0.25, 0.3) is 6.47 Å². The fraction of sp³-hybridized carbons (Fsp3) is 0.391. The Bertz CT molecular complexity index is 917. The van der Waals surface area contributed by atoms with Crippen LogP contribution in [0, 0.1) is 30.1 Å². The Morgan fingerprint density at radius 3 is 2.47 bits per heavy atom. The van der Waals surface area contributed by atoms with Crippen molar-refractivity contribution < 1.29 is 14.7 Å². The number of aromatic nitrogens is 1. The number of pyridine rings is 1. The highest BCUT2D eigenvalue weighted by Crippen LogP contribution is 2.45. The van der Waals surface area contributed by atoms with Crippen LogP contribution in [0.4, 0.5) is 11.5 Å². The molecule has 1 unspecified atom stereocenters. The minimum absolute atomic E-state index is 0.120. The zero-order valence-corrected chi connectivity index (χ0v) is 17.6. The number of anilines is 2. The number of nitriles is 1. The number of benzene rings is 1. The molecule has 4 rings (SSSR count). The first-order valence-corrected chi connectivity index (χ1v) is 9.92. The highest BCUT2D eigenvalue weighted by atomic mass is 16.3. The Morgan fingerprint density at radius 2 is 2.00 bits per heavy atom. The maximum atomic E-state index is 12.1. The monoisotopic (exact) mass is 408 g/mol. The molecule has 1 aliphatic carbocycles. The Balaban J connectivity index is 0.000000243. The van der Waals surface area contributed by atoms with Gasteiger partial charge in [-0.2, -0.15) is 5.26 Å². The second kappa shape index (κ2) is 10.4. The van der Waals surface area contributed by atoms with Crippen LogP contribution in [-0.4, -0.2) is 28.5 Å².